The minimum atomic E-state index is -0.622. The predicted molar refractivity (Wildman–Crippen MR) is 131 cm³/mol. The molecule has 176 valence electrons. The molecule has 5 rings (SSSR count). The molecule has 0 bridgehead atoms. The number of nitrogens with one attached hydrogen (secondary N) is 3. The zero-order chi connectivity index (χ0) is 24.4. The number of aryl methyl sites for hydroxylation is 1. The fourth-order valence-corrected chi connectivity index (χ4v) is 4.36. The lowest BCUT2D eigenvalue weighted by atomic mass is 9.92. The maximum absolute atomic E-state index is 12.9. The van der Waals surface area contributed by atoms with E-state index in [4.69, 9.17) is 9.72 Å². The van der Waals surface area contributed by atoms with Crippen molar-refractivity contribution < 1.29 is 9.53 Å². The molecule has 0 radical (unpaired) electrons. The second kappa shape index (κ2) is 9.42. The highest BCUT2D eigenvalue weighted by atomic mass is 16.5. The van der Waals surface area contributed by atoms with Crippen LogP contribution in [-0.2, 0) is 6.42 Å². The molecule has 4 aromatic rings. The van der Waals surface area contributed by atoms with E-state index in [0.29, 0.717) is 35.4 Å². The molecule has 0 fully saturated rings. The summed E-state index contributed by atoms with van der Waals surface area (Å²) < 4.78 is 5.68. The first-order chi connectivity index (χ1) is 17.0. The van der Waals surface area contributed by atoms with Crippen LogP contribution in [0.15, 0.2) is 76.3 Å². The van der Waals surface area contributed by atoms with E-state index < -0.39 is 11.2 Å². The number of carbonyl (C=O) groups excluding carboxylic acids is 1. The number of ether oxygens (including phenoxy) is 1. The average Bonchev–Trinajstić information content (AvgIpc) is 2.85. The quantitative estimate of drug-likeness (QED) is 0.353. The van der Waals surface area contributed by atoms with Gasteiger partial charge in [-0.1, -0.05) is 36.4 Å². The maximum atomic E-state index is 12.9. The molecule has 1 amide bonds. The van der Waals surface area contributed by atoms with Crippen LogP contribution in [0.1, 0.15) is 50.8 Å². The van der Waals surface area contributed by atoms with Crippen LogP contribution in [0.2, 0.25) is 0 Å². The van der Waals surface area contributed by atoms with Gasteiger partial charge in [-0.15, -0.1) is 0 Å². The third-order valence-corrected chi connectivity index (χ3v) is 6.09. The Bertz CT molecular complexity index is 1510. The van der Waals surface area contributed by atoms with Gasteiger partial charge in [0.2, 0.25) is 5.88 Å². The molecule has 8 heteroatoms. The fraction of sp³-hybridized carbons (Fsp3) is 0.185. The molecule has 2 aromatic heterocycles. The van der Waals surface area contributed by atoms with Crippen molar-refractivity contribution in [2.24, 2.45) is 0 Å². The smallest absolute Gasteiger partial charge is 0.328 e. The number of aromatic nitrogens is 3. The molecule has 0 saturated carbocycles. The summed E-state index contributed by atoms with van der Waals surface area (Å²) in [6.07, 6.45) is 0.948. The summed E-state index contributed by atoms with van der Waals surface area (Å²) in [5.74, 6) is 0.488. The van der Waals surface area contributed by atoms with E-state index in [2.05, 4.69) is 27.4 Å². The van der Waals surface area contributed by atoms with Crippen molar-refractivity contribution in [3.63, 3.8) is 0 Å². The minimum absolute atomic E-state index is 0.0544. The van der Waals surface area contributed by atoms with E-state index in [1.807, 2.05) is 43.3 Å². The summed E-state index contributed by atoms with van der Waals surface area (Å²) in [6, 6.07) is 21.2. The lowest BCUT2D eigenvalue weighted by molar-refractivity contribution is 0.0952. The van der Waals surface area contributed by atoms with E-state index in [1.165, 1.54) is 0 Å². The van der Waals surface area contributed by atoms with Crippen LogP contribution in [0, 0.1) is 6.92 Å². The van der Waals surface area contributed by atoms with Crippen molar-refractivity contribution >= 4 is 5.91 Å². The number of amides is 1. The highest BCUT2D eigenvalue weighted by Gasteiger charge is 2.22. The molecule has 2 aromatic carbocycles. The van der Waals surface area contributed by atoms with E-state index in [9.17, 15) is 14.4 Å². The number of hydrogen-bond donors (Lipinski definition) is 3. The van der Waals surface area contributed by atoms with Crippen molar-refractivity contribution in [1.82, 2.24) is 20.3 Å². The number of benzene rings is 2. The number of carbonyl (C=O) groups is 1. The number of aromatic amines is 2. The predicted octanol–water partition coefficient (Wildman–Crippen LogP) is 3.42. The monoisotopic (exact) mass is 468 g/mol. The molecular formula is C27H24N4O4. The van der Waals surface area contributed by atoms with Crippen molar-refractivity contribution in [1.29, 1.82) is 0 Å². The first-order valence-corrected chi connectivity index (χ1v) is 11.4. The lowest BCUT2D eigenvalue weighted by Gasteiger charge is -2.20. The summed E-state index contributed by atoms with van der Waals surface area (Å²) in [4.78, 5) is 46.0. The molecule has 1 atom stereocenters. The molecule has 3 heterocycles. The van der Waals surface area contributed by atoms with Crippen LogP contribution in [0.5, 0.6) is 11.6 Å². The summed E-state index contributed by atoms with van der Waals surface area (Å²) in [5, 5.41) is 3.01. The SMILES string of the molecule is Cc1cccc(C(CCNC(=O)c2ccc3c(c2)Cc2c([nH]c(=O)[nH]c2=O)O3)c2ccccc2)n1. The summed E-state index contributed by atoms with van der Waals surface area (Å²) >= 11 is 0. The maximum Gasteiger partial charge on any atom is 0.328 e. The zero-order valence-corrected chi connectivity index (χ0v) is 19.1. The van der Waals surface area contributed by atoms with Crippen molar-refractivity contribution in [3.05, 3.63) is 121 Å². The molecule has 0 saturated heterocycles. The van der Waals surface area contributed by atoms with Gasteiger partial charge in [-0.3, -0.25) is 24.5 Å². The zero-order valence-electron chi connectivity index (χ0n) is 19.1. The first-order valence-electron chi connectivity index (χ1n) is 11.4. The van der Waals surface area contributed by atoms with Gasteiger partial charge >= 0.3 is 5.69 Å². The second-order valence-electron chi connectivity index (χ2n) is 8.53. The summed E-state index contributed by atoms with van der Waals surface area (Å²) in [7, 11) is 0. The Balaban J connectivity index is 1.30. The van der Waals surface area contributed by atoms with Gasteiger partial charge < -0.3 is 10.1 Å². The number of fused-ring (bicyclic) bond motifs is 2. The number of rotatable bonds is 6. The van der Waals surface area contributed by atoms with Gasteiger partial charge in [0.15, 0.2) is 0 Å². The highest BCUT2D eigenvalue weighted by molar-refractivity contribution is 5.94. The number of pyridine rings is 1. The van der Waals surface area contributed by atoms with Crippen LogP contribution < -0.4 is 21.3 Å². The van der Waals surface area contributed by atoms with Crippen LogP contribution in [0.4, 0.5) is 0 Å². The van der Waals surface area contributed by atoms with Crippen molar-refractivity contribution in [2.45, 2.75) is 25.7 Å². The standard InChI is InChI=1S/C27H24N4O4/c1-16-6-5-9-22(29-16)20(17-7-3-2-4-8-17)12-13-28-24(32)18-10-11-23-19(14-18)15-21-25(33)30-27(34)31-26(21)35-23/h2-11,14,20H,12-13,15H2,1H3,(H,28,32)(H2,30,31,33,34). The van der Waals surface area contributed by atoms with Crippen molar-refractivity contribution in [2.75, 3.05) is 6.54 Å². The minimum Gasteiger partial charge on any atom is -0.440 e. The highest BCUT2D eigenvalue weighted by Crippen LogP contribution is 2.33. The van der Waals surface area contributed by atoms with Crippen LogP contribution in [0.25, 0.3) is 0 Å². The van der Waals surface area contributed by atoms with Gasteiger partial charge in [-0.25, -0.2) is 4.79 Å². The molecule has 35 heavy (non-hydrogen) atoms. The third kappa shape index (κ3) is 4.77. The Morgan fingerprint density at radius 3 is 2.69 bits per heavy atom. The Morgan fingerprint density at radius 1 is 1.06 bits per heavy atom. The van der Waals surface area contributed by atoms with Crippen LogP contribution >= 0.6 is 0 Å². The summed E-state index contributed by atoms with van der Waals surface area (Å²) in [5.41, 5.74) is 3.45. The van der Waals surface area contributed by atoms with E-state index in [1.54, 1.807) is 18.2 Å². The number of H-pyrrole nitrogens is 2. The first kappa shape index (κ1) is 22.3. The summed E-state index contributed by atoms with van der Waals surface area (Å²) in [6.45, 7) is 2.43. The van der Waals surface area contributed by atoms with Gasteiger partial charge in [-0.05, 0) is 49.2 Å². The van der Waals surface area contributed by atoms with E-state index in [0.717, 1.165) is 17.0 Å². The fourth-order valence-electron chi connectivity index (χ4n) is 4.36. The number of nitrogens with zero attached hydrogens (tertiary/aromatic N) is 1. The Hall–Kier alpha value is -4.46. The molecule has 3 N–H and O–H groups in total. The van der Waals surface area contributed by atoms with Gasteiger partial charge in [0.1, 0.15) is 5.75 Å². The number of hydrogen-bond acceptors (Lipinski definition) is 5. The van der Waals surface area contributed by atoms with Crippen LogP contribution in [-0.4, -0.2) is 27.4 Å². The Labute approximate surface area is 201 Å². The lowest BCUT2D eigenvalue weighted by Crippen LogP contribution is -2.28. The molecule has 0 spiro atoms. The normalized spacial score (nSPS) is 12.7. The van der Waals surface area contributed by atoms with E-state index in [-0.39, 0.29) is 24.1 Å². The average molecular weight is 469 g/mol. The largest absolute Gasteiger partial charge is 0.440 e. The van der Waals surface area contributed by atoms with Crippen molar-refractivity contribution in [3.8, 4) is 11.6 Å². The third-order valence-electron chi connectivity index (χ3n) is 6.09. The van der Waals surface area contributed by atoms with Gasteiger partial charge in [0.05, 0.1) is 5.56 Å². The van der Waals surface area contributed by atoms with Gasteiger partial charge in [-0.2, -0.15) is 0 Å². The second-order valence-corrected chi connectivity index (χ2v) is 8.53. The molecule has 1 unspecified atom stereocenters. The topological polar surface area (TPSA) is 117 Å². The molecule has 0 aliphatic carbocycles. The van der Waals surface area contributed by atoms with E-state index >= 15 is 0 Å². The van der Waals surface area contributed by atoms with Crippen LogP contribution in [0.3, 0.4) is 0 Å². The Morgan fingerprint density at radius 2 is 1.89 bits per heavy atom. The molecule has 8 nitrogen and oxygen atoms in total. The molecule has 1 aliphatic heterocycles. The van der Waals surface area contributed by atoms with Gasteiger partial charge in [0.25, 0.3) is 11.5 Å². The molecule has 1 aliphatic rings. The Kier molecular flexibility index (Phi) is 6.01. The molecular weight excluding hydrogens is 444 g/mol. The van der Waals surface area contributed by atoms with Gasteiger partial charge in [0, 0.05) is 41.4 Å².